The Hall–Kier alpha value is -0.260. The minimum Gasteiger partial charge on any atom is -0.102 e. The fraction of sp³-hybridized carbons (Fsp3) is 0.926. The summed E-state index contributed by atoms with van der Waals surface area (Å²) in [7, 11) is 0. The molecule has 5 saturated carbocycles. The van der Waals surface area contributed by atoms with E-state index in [1.165, 1.54) is 89.9 Å². The van der Waals surface area contributed by atoms with Crippen LogP contribution in [0.15, 0.2) is 12.7 Å². The Bertz CT molecular complexity index is 605. The van der Waals surface area contributed by atoms with Crippen molar-refractivity contribution in [1.29, 1.82) is 0 Å². The minimum absolute atomic E-state index is 0.440. The van der Waals surface area contributed by atoms with Crippen LogP contribution in [-0.2, 0) is 0 Å². The molecule has 0 radical (unpaired) electrons. The predicted octanol–water partition coefficient (Wildman–Crippen LogP) is 8.17. The van der Waals surface area contributed by atoms with Crippen molar-refractivity contribution in [3.8, 4) is 0 Å². The normalized spacial score (nSPS) is 57.1. The summed E-state index contributed by atoms with van der Waals surface area (Å²) in [6, 6.07) is 0. The van der Waals surface area contributed by atoms with Crippen molar-refractivity contribution >= 4 is 0 Å². The lowest BCUT2D eigenvalue weighted by Crippen LogP contribution is -2.64. The maximum absolute atomic E-state index is 4.59. The second-order valence-corrected chi connectivity index (χ2v) is 12.1. The highest BCUT2D eigenvalue weighted by Gasteiger charge is 2.68. The van der Waals surface area contributed by atoms with Crippen LogP contribution in [0.5, 0.6) is 0 Å². The van der Waals surface area contributed by atoms with Crippen molar-refractivity contribution < 1.29 is 0 Å². The molecular weight excluding hydrogens is 324 g/mol. The van der Waals surface area contributed by atoms with Crippen molar-refractivity contribution in [1.82, 2.24) is 0 Å². The van der Waals surface area contributed by atoms with Gasteiger partial charge in [-0.15, -0.1) is 6.58 Å². The third-order valence-electron chi connectivity index (χ3n) is 12.0. The Morgan fingerprint density at radius 3 is 2.44 bits per heavy atom. The highest BCUT2D eigenvalue weighted by molar-refractivity contribution is 5.22. The number of rotatable bonds is 2. The fourth-order valence-electron chi connectivity index (χ4n) is 10.7. The molecule has 5 fully saturated rings. The standard InChI is InChI=1S/C27H44/c1-5-26-16-8-7-10-20(26)14-17-25(4)23(26)13-12-22-21-11-9-15-24(21,3)18-19-27(22,25)6-2/h6,20-23H,2,5,7-19H2,1,3-4H3/t20-,21?,22?,23?,24?,25-,26+,27-/m1/s1. The third kappa shape index (κ3) is 2.17. The summed E-state index contributed by atoms with van der Waals surface area (Å²) in [5.41, 5.74) is 2.29. The molecular formula is C27H44. The van der Waals surface area contributed by atoms with E-state index in [2.05, 4.69) is 33.4 Å². The molecule has 5 rings (SSSR count). The van der Waals surface area contributed by atoms with Gasteiger partial charge in [-0.05, 0) is 116 Å². The van der Waals surface area contributed by atoms with Gasteiger partial charge in [-0.1, -0.05) is 46.1 Å². The Morgan fingerprint density at radius 2 is 1.67 bits per heavy atom. The van der Waals surface area contributed by atoms with Crippen molar-refractivity contribution in [2.24, 2.45) is 45.3 Å². The van der Waals surface area contributed by atoms with Crippen LogP contribution >= 0.6 is 0 Å². The molecule has 0 heterocycles. The molecule has 0 aromatic carbocycles. The maximum atomic E-state index is 4.59. The van der Waals surface area contributed by atoms with Crippen LogP contribution in [0.3, 0.4) is 0 Å². The lowest BCUT2D eigenvalue weighted by Gasteiger charge is -2.71. The molecule has 0 amide bonds. The van der Waals surface area contributed by atoms with Crippen LogP contribution in [0.4, 0.5) is 0 Å². The van der Waals surface area contributed by atoms with Crippen molar-refractivity contribution in [3.05, 3.63) is 12.7 Å². The predicted molar refractivity (Wildman–Crippen MR) is 116 cm³/mol. The number of fused-ring (bicyclic) bond motifs is 7. The van der Waals surface area contributed by atoms with E-state index in [-0.39, 0.29) is 0 Å². The van der Waals surface area contributed by atoms with Gasteiger partial charge < -0.3 is 0 Å². The van der Waals surface area contributed by atoms with Gasteiger partial charge in [0, 0.05) is 0 Å². The second kappa shape index (κ2) is 6.12. The van der Waals surface area contributed by atoms with Crippen LogP contribution in [0.2, 0.25) is 0 Å². The number of allylic oxidation sites excluding steroid dienone is 1. The monoisotopic (exact) mass is 368 g/mol. The summed E-state index contributed by atoms with van der Waals surface area (Å²) < 4.78 is 0. The Kier molecular flexibility index (Phi) is 4.25. The molecule has 0 heteroatoms. The lowest BCUT2D eigenvalue weighted by atomic mass is 9.33. The van der Waals surface area contributed by atoms with E-state index < -0.39 is 0 Å². The average Bonchev–Trinajstić information content (AvgIpc) is 3.09. The van der Waals surface area contributed by atoms with Crippen LogP contribution in [0, 0.1) is 45.3 Å². The summed E-state index contributed by atoms with van der Waals surface area (Å²) >= 11 is 0. The third-order valence-corrected chi connectivity index (χ3v) is 12.0. The van der Waals surface area contributed by atoms with Crippen molar-refractivity contribution in [3.63, 3.8) is 0 Å². The Balaban J connectivity index is 1.58. The molecule has 152 valence electrons. The molecule has 5 aliphatic rings. The minimum atomic E-state index is 0.440. The van der Waals surface area contributed by atoms with E-state index in [1.807, 2.05) is 0 Å². The molecule has 4 unspecified atom stereocenters. The van der Waals surface area contributed by atoms with Gasteiger partial charge in [0.1, 0.15) is 0 Å². The molecule has 0 N–H and O–H groups in total. The first kappa shape index (κ1) is 18.7. The van der Waals surface area contributed by atoms with Crippen LogP contribution in [0.1, 0.15) is 111 Å². The highest BCUT2D eigenvalue weighted by Crippen LogP contribution is 2.76. The topological polar surface area (TPSA) is 0 Å². The smallest absolute Gasteiger partial charge is 0.00330 e. The molecule has 5 aliphatic carbocycles. The van der Waals surface area contributed by atoms with Gasteiger partial charge in [0.05, 0.1) is 0 Å². The van der Waals surface area contributed by atoms with Gasteiger partial charge in [0.15, 0.2) is 0 Å². The first-order chi connectivity index (χ1) is 13.0. The summed E-state index contributed by atoms with van der Waals surface area (Å²) in [5.74, 6) is 3.93. The van der Waals surface area contributed by atoms with E-state index in [1.54, 1.807) is 0 Å². The van der Waals surface area contributed by atoms with Gasteiger partial charge in [0.25, 0.3) is 0 Å². The molecule has 8 atom stereocenters. The average molecular weight is 369 g/mol. The molecule has 0 spiro atoms. The Morgan fingerprint density at radius 1 is 0.815 bits per heavy atom. The summed E-state index contributed by atoms with van der Waals surface area (Å²) in [5, 5.41) is 0. The molecule has 0 aromatic heterocycles. The Labute approximate surface area is 169 Å². The summed E-state index contributed by atoms with van der Waals surface area (Å²) in [6.07, 6.45) is 23.6. The molecule has 0 saturated heterocycles. The lowest BCUT2D eigenvalue weighted by molar-refractivity contribution is -0.211. The molecule has 0 bridgehead atoms. The number of hydrogen-bond acceptors (Lipinski definition) is 0. The van der Waals surface area contributed by atoms with E-state index >= 15 is 0 Å². The van der Waals surface area contributed by atoms with Crippen molar-refractivity contribution in [2.75, 3.05) is 0 Å². The fourth-order valence-corrected chi connectivity index (χ4v) is 10.7. The zero-order chi connectivity index (χ0) is 18.9. The maximum Gasteiger partial charge on any atom is -0.00330 e. The second-order valence-electron chi connectivity index (χ2n) is 12.1. The van der Waals surface area contributed by atoms with Gasteiger partial charge in [-0.25, -0.2) is 0 Å². The van der Waals surface area contributed by atoms with E-state index in [0.29, 0.717) is 21.7 Å². The first-order valence-electron chi connectivity index (χ1n) is 12.6. The van der Waals surface area contributed by atoms with Gasteiger partial charge in [-0.3, -0.25) is 0 Å². The largest absolute Gasteiger partial charge is 0.102 e. The zero-order valence-corrected chi connectivity index (χ0v) is 18.5. The highest BCUT2D eigenvalue weighted by atomic mass is 14.7. The van der Waals surface area contributed by atoms with Gasteiger partial charge in [0.2, 0.25) is 0 Å². The SMILES string of the molecule is C=C[C@@]12CCC3(C)CCCC3C1CCC1[C@@]3(CC)CCCC[C@@H]3CC[C@]12C. The van der Waals surface area contributed by atoms with Gasteiger partial charge >= 0.3 is 0 Å². The number of hydrogen-bond donors (Lipinski definition) is 0. The first-order valence-corrected chi connectivity index (χ1v) is 12.6. The zero-order valence-electron chi connectivity index (χ0n) is 18.5. The van der Waals surface area contributed by atoms with Crippen LogP contribution in [0.25, 0.3) is 0 Å². The van der Waals surface area contributed by atoms with E-state index in [0.717, 1.165) is 23.7 Å². The van der Waals surface area contributed by atoms with E-state index in [9.17, 15) is 0 Å². The molecule has 0 aliphatic heterocycles. The van der Waals surface area contributed by atoms with E-state index in [4.69, 9.17) is 0 Å². The quantitative estimate of drug-likeness (QED) is 0.431. The summed E-state index contributed by atoms with van der Waals surface area (Å²) in [4.78, 5) is 0. The molecule has 0 nitrogen and oxygen atoms in total. The molecule has 0 aromatic rings. The van der Waals surface area contributed by atoms with Crippen LogP contribution in [-0.4, -0.2) is 0 Å². The van der Waals surface area contributed by atoms with Crippen LogP contribution < -0.4 is 0 Å². The molecule has 27 heavy (non-hydrogen) atoms. The van der Waals surface area contributed by atoms with Crippen molar-refractivity contribution in [2.45, 2.75) is 111 Å². The summed E-state index contributed by atoms with van der Waals surface area (Å²) in [6.45, 7) is 12.6. The van der Waals surface area contributed by atoms with Gasteiger partial charge in [-0.2, -0.15) is 0 Å².